The van der Waals surface area contributed by atoms with Gasteiger partial charge in [-0.05, 0) is 42.6 Å². The lowest BCUT2D eigenvalue weighted by Gasteiger charge is -2.31. The molecule has 0 aromatic heterocycles. The summed E-state index contributed by atoms with van der Waals surface area (Å²) in [5, 5.41) is 0. The molecule has 0 aliphatic carbocycles. The van der Waals surface area contributed by atoms with Crippen molar-refractivity contribution in [3.05, 3.63) is 41.3 Å². The van der Waals surface area contributed by atoms with Gasteiger partial charge in [0.1, 0.15) is 0 Å². The fourth-order valence-corrected chi connectivity index (χ4v) is 5.58. The van der Waals surface area contributed by atoms with Crippen molar-refractivity contribution in [1.29, 1.82) is 0 Å². The highest BCUT2D eigenvalue weighted by Crippen LogP contribution is 2.40. The zero-order valence-corrected chi connectivity index (χ0v) is 15.4. The maximum Gasteiger partial charge on any atom is 0.243 e. The molecular weight excluding hydrogens is 314 g/mol. The molecule has 1 fully saturated rings. The summed E-state index contributed by atoms with van der Waals surface area (Å²) in [7, 11) is -3.44. The van der Waals surface area contributed by atoms with Gasteiger partial charge in [0, 0.05) is 18.5 Å². The Balaban J connectivity index is 2.38. The van der Waals surface area contributed by atoms with Gasteiger partial charge in [0.2, 0.25) is 10.0 Å². The summed E-state index contributed by atoms with van der Waals surface area (Å²) in [4.78, 5) is 1.47. The minimum atomic E-state index is -3.44. The Kier molecular flexibility index (Phi) is 5.41. The van der Waals surface area contributed by atoms with Gasteiger partial charge in [-0.3, -0.25) is 0 Å². The molecule has 122 valence electrons. The predicted molar refractivity (Wildman–Crippen MR) is 94.5 cm³/mol. The van der Waals surface area contributed by atoms with Crippen LogP contribution in [-0.4, -0.2) is 31.6 Å². The molecule has 0 unspecified atom stereocenters. The van der Waals surface area contributed by atoms with E-state index >= 15 is 0 Å². The minimum absolute atomic E-state index is 0.00810. The molecule has 5 heteroatoms. The van der Waals surface area contributed by atoms with Crippen molar-refractivity contribution in [2.75, 3.05) is 12.8 Å². The largest absolute Gasteiger partial charge is 0.243 e. The van der Waals surface area contributed by atoms with Crippen LogP contribution in [0.4, 0.5) is 0 Å². The molecule has 0 radical (unpaired) electrons. The molecule has 0 bridgehead atoms. The van der Waals surface area contributed by atoms with Crippen LogP contribution in [0.15, 0.2) is 40.6 Å². The van der Waals surface area contributed by atoms with Crippen LogP contribution < -0.4 is 0 Å². The molecule has 1 heterocycles. The van der Waals surface area contributed by atoms with Crippen molar-refractivity contribution < 1.29 is 8.42 Å². The highest BCUT2D eigenvalue weighted by Gasteiger charge is 2.43. The van der Waals surface area contributed by atoms with Gasteiger partial charge >= 0.3 is 0 Å². The van der Waals surface area contributed by atoms with Gasteiger partial charge in [-0.15, -0.1) is 11.8 Å². The molecule has 0 spiro atoms. The zero-order valence-electron chi connectivity index (χ0n) is 13.7. The first-order chi connectivity index (χ1) is 10.3. The SMILES string of the molecule is C=C(SC)[C@@H]1CCN(S(=O)(=O)c2ccc(C)cc2)[C@H]1C(C)C. The summed E-state index contributed by atoms with van der Waals surface area (Å²) in [5.74, 6) is 0.492. The van der Waals surface area contributed by atoms with E-state index in [-0.39, 0.29) is 17.9 Å². The molecule has 2 atom stereocenters. The Morgan fingerprint density at radius 2 is 1.91 bits per heavy atom. The molecule has 0 amide bonds. The number of rotatable bonds is 5. The van der Waals surface area contributed by atoms with E-state index in [2.05, 4.69) is 20.4 Å². The maximum atomic E-state index is 13.0. The molecule has 0 saturated carbocycles. The topological polar surface area (TPSA) is 37.4 Å². The monoisotopic (exact) mass is 339 g/mol. The number of nitrogens with zero attached hydrogens (tertiary/aromatic N) is 1. The Morgan fingerprint density at radius 1 is 1.32 bits per heavy atom. The second-order valence-corrected chi connectivity index (χ2v) is 9.05. The molecule has 0 N–H and O–H groups in total. The quantitative estimate of drug-likeness (QED) is 0.816. The van der Waals surface area contributed by atoms with Crippen LogP contribution in [0.5, 0.6) is 0 Å². The van der Waals surface area contributed by atoms with Gasteiger partial charge in [-0.2, -0.15) is 4.31 Å². The number of hydrogen-bond acceptors (Lipinski definition) is 3. The van der Waals surface area contributed by atoms with Gasteiger partial charge in [0.05, 0.1) is 4.90 Å². The van der Waals surface area contributed by atoms with E-state index in [9.17, 15) is 8.42 Å². The highest BCUT2D eigenvalue weighted by molar-refractivity contribution is 8.02. The Bertz CT molecular complexity index is 635. The Labute approximate surface area is 138 Å². The lowest BCUT2D eigenvalue weighted by atomic mass is 9.92. The van der Waals surface area contributed by atoms with Crippen molar-refractivity contribution >= 4 is 21.8 Å². The number of thioether (sulfide) groups is 1. The number of aryl methyl sites for hydroxylation is 1. The number of hydrogen-bond donors (Lipinski definition) is 0. The summed E-state index contributed by atoms with van der Waals surface area (Å²) in [6.45, 7) is 10.8. The molecule has 1 saturated heterocycles. The summed E-state index contributed by atoms with van der Waals surface area (Å²) in [6, 6.07) is 7.11. The molecular formula is C17H25NO2S2. The smallest absolute Gasteiger partial charge is 0.207 e. The lowest BCUT2D eigenvalue weighted by molar-refractivity contribution is 0.286. The zero-order chi connectivity index (χ0) is 16.5. The average Bonchev–Trinajstić information content (AvgIpc) is 2.92. The van der Waals surface area contributed by atoms with Crippen molar-refractivity contribution in [1.82, 2.24) is 4.31 Å². The third kappa shape index (κ3) is 3.26. The average molecular weight is 340 g/mol. The minimum Gasteiger partial charge on any atom is -0.207 e. The van der Waals surface area contributed by atoms with E-state index < -0.39 is 10.0 Å². The van der Waals surface area contributed by atoms with Crippen LogP contribution in [0, 0.1) is 18.8 Å². The molecule has 2 rings (SSSR count). The van der Waals surface area contributed by atoms with Gasteiger partial charge in [0.15, 0.2) is 0 Å². The molecule has 3 nitrogen and oxygen atoms in total. The van der Waals surface area contributed by atoms with E-state index in [1.807, 2.05) is 25.3 Å². The van der Waals surface area contributed by atoms with Crippen LogP contribution in [0.25, 0.3) is 0 Å². The number of benzene rings is 1. The summed E-state index contributed by atoms with van der Waals surface area (Å²) >= 11 is 1.64. The van der Waals surface area contributed by atoms with E-state index in [0.29, 0.717) is 11.4 Å². The predicted octanol–water partition coefficient (Wildman–Crippen LogP) is 3.91. The van der Waals surface area contributed by atoms with Crippen LogP contribution >= 0.6 is 11.8 Å². The molecule has 1 aliphatic rings. The fraction of sp³-hybridized carbons (Fsp3) is 0.529. The summed E-state index contributed by atoms with van der Waals surface area (Å²) in [5.41, 5.74) is 1.06. The second-order valence-electron chi connectivity index (χ2n) is 6.23. The first-order valence-corrected chi connectivity index (χ1v) is 10.3. The summed E-state index contributed by atoms with van der Waals surface area (Å²) < 4.78 is 27.7. The molecule has 1 aliphatic heterocycles. The normalized spacial score (nSPS) is 23.1. The van der Waals surface area contributed by atoms with Crippen LogP contribution in [-0.2, 0) is 10.0 Å². The van der Waals surface area contributed by atoms with Crippen molar-refractivity contribution in [2.45, 2.75) is 38.1 Å². The summed E-state index contributed by atoms with van der Waals surface area (Å²) in [6.07, 6.45) is 2.87. The number of sulfonamides is 1. The third-order valence-corrected chi connectivity index (χ3v) is 7.13. The second kappa shape index (κ2) is 6.77. The van der Waals surface area contributed by atoms with Crippen LogP contribution in [0.2, 0.25) is 0 Å². The van der Waals surface area contributed by atoms with Crippen molar-refractivity contribution in [2.24, 2.45) is 11.8 Å². The third-order valence-electron chi connectivity index (χ3n) is 4.39. The standard InChI is InChI=1S/C17H25NO2S2/c1-12(2)17-16(14(4)21-5)10-11-18(17)22(19,20)15-8-6-13(3)7-9-15/h6-9,12,16-17H,4,10-11H2,1-3,5H3/t16-,17-/m0/s1. The van der Waals surface area contributed by atoms with Crippen LogP contribution in [0.3, 0.4) is 0 Å². The molecule has 1 aromatic rings. The first-order valence-electron chi connectivity index (χ1n) is 7.60. The highest BCUT2D eigenvalue weighted by atomic mass is 32.2. The fourth-order valence-electron chi connectivity index (χ4n) is 3.21. The van der Waals surface area contributed by atoms with Gasteiger partial charge in [-0.1, -0.05) is 38.1 Å². The Morgan fingerprint density at radius 3 is 2.41 bits per heavy atom. The Hall–Kier alpha value is -0.780. The first kappa shape index (κ1) is 17.6. The maximum absolute atomic E-state index is 13.0. The van der Waals surface area contributed by atoms with Gasteiger partial charge < -0.3 is 0 Å². The molecule has 1 aromatic carbocycles. The van der Waals surface area contributed by atoms with E-state index in [1.54, 1.807) is 28.2 Å². The van der Waals surface area contributed by atoms with Crippen molar-refractivity contribution in [3.8, 4) is 0 Å². The van der Waals surface area contributed by atoms with Gasteiger partial charge in [0.25, 0.3) is 0 Å². The van der Waals surface area contributed by atoms with Gasteiger partial charge in [-0.25, -0.2) is 8.42 Å². The lowest BCUT2D eigenvalue weighted by Crippen LogP contribution is -2.41. The van der Waals surface area contributed by atoms with E-state index in [4.69, 9.17) is 0 Å². The van der Waals surface area contributed by atoms with E-state index in [0.717, 1.165) is 16.9 Å². The van der Waals surface area contributed by atoms with Crippen LogP contribution in [0.1, 0.15) is 25.8 Å². The van der Waals surface area contributed by atoms with E-state index in [1.165, 1.54) is 0 Å². The van der Waals surface area contributed by atoms with Crippen molar-refractivity contribution in [3.63, 3.8) is 0 Å². The molecule has 22 heavy (non-hydrogen) atoms.